The lowest BCUT2D eigenvalue weighted by Gasteiger charge is -2.37. The summed E-state index contributed by atoms with van der Waals surface area (Å²) in [5.41, 5.74) is 6.95. The molecule has 1 aliphatic rings. The Morgan fingerprint density at radius 3 is 1.97 bits per heavy atom. The first-order chi connectivity index (χ1) is 18.6. The molecule has 0 aromatic heterocycles. The number of hydrogen-bond donors (Lipinski definition) is 2. The summed E-state index contributed by atoms with van der Waals surface area (Å²) in [6.07, 6.45) is 1.44. The second kappa shape index (κ2) is 11.7. The van der Waals surface area contributed by atoms with E-state index in [1.807, 2.05) is 36.4 Å². The topological polar surface area (TPSA) is 104 Å². The van der Waals surface area contributed by atoms with Crippen molar-refractivity contribution in [3.63, 3.8) is 0 Å². The number of nitrogens with zero attached hydrogens (tertiary/aromatic N) is 2. The third-order valence-corrected chi connectivity index (χ3v) is 6.76. The Bertz CT molecular complexity index is 1360. The molecule has 0 saturated carbocycles. The second-order valence-corrected chi connectivity index (χ2v) is 9.51. The maximum Gasteiger partial charge on any atom is 0.263 e. The maximum atomic E-state index is 14.2. The zero-order valence-corrected chi connectivity index (χ0v) is 21.4. The number of hydrogen-bond acceptors (Lipinski definition) is 5. The van der Waals surface area contributed by atoms with Crippen molar-refractivity contribution >= 4 is 17.7 Å². The molecule has 1 aliphatic heterocycles. The van der Waals surface area contributed by atoms with Gasteiger partial charge in [-0.05, 0) is 35.7 Å². The van der Waals surface area contributed by atoms with Gasteiger partial charge in [0.1, 0.15) is 17.7 Å². The van der Waals surface area contributed by atoms with Gasteiger partial charge in [-0.3, -0.25) is 19.3 Å². The van der Waals surface area contributed by atoms with Gasteiger partial charge in [0.15, 0.2) is 6.10 Å². The van der Waals surface area contributed by atoms with Crippen LogP contribution in [0.1, 0.15) is 41.7 Å². The Morgan fingerprint density at radius 2 is 1.44 bits per heavy atom. The number of rotatable bonds is 6. The molecule has 0 aliphatic carbocycles. The highest BCUT2D eigenvalue weighted by Crippen LogP contribution is 2.36. The summed E-state index contributed by atoms with van der Waals surface area (Å²) in [5, 5.41) is 10.9. The molecule has 0 radical (unpaired) electrons. The number of benzene rings is 3. The second-order valence-electron chi connectivity index (χ2n) is 9.51. The highest BCUT2D eigenvalue weighted by molar-refractivity contribution is 6.04. The minimum Gasteiger partial charge on any atom is -0.378 e. The monoisotopic (exact) mass is 533 g/mol. The van der Waals surface area contributed by atoms with Crippen LogP contribution in [-0.4, -0.2) is 51.8 Å². The minimum absolute atomic E-state index is 0.400. The average Bonchev–Trinajstić information content (AvgIpc) is 3.05. The van der Waals surface area contributed by atoms with Gasteiger partial charge in [0.05, 0.1) is 12.1 Å². The fraction of sp³-hybridized carbons (Fsp3) is 0.233. The molecule has 7 nitrogen and oxygen atoms in total. The molecule has 0 bridgehead atoms. The van der Waals surface area contributed by atoms with Crippen LogP contribution < -0.4 is 5.73 Å². The maximum absolute atomic E-state index is 14.2. The molecule has 0 fully saturated rings. The fourth-order valence-corrected chi connectivity index (χ4v) is 4.79. The van der Waals surface area contributed by atoms with E-state index in [1.165, 1.54) is 11.8 Å². The lowest BCUT2D eigenvalue weighted by atomic mass is 9.88. The van der Waals surface area contributed by atoms with Crippen LogP contribution in [0.3, 0.4) is 0 Å². The van der Waals surface area contributed by atoms with Crippen molar-refractivity contribution in [1.82, 2.24) is 9.80 Å². The summed E-state index contributed by atoms with van der Waals surface area (Å²) in [7, 11) is 1.56. The fourth-order valence-electron chi connectivity index (χ4n) is 4.79. The molecule has 3 N–H and O–H groups in total. The van der Waals surface area contributed by atoms with Gasteiger partial charge in [-0.15, -0.1) is 0 Å². The Morgan fingerprint density at radius 1 is 0.897 bits per heavy atom. The van der Waals surface area contributed by atoms with Crippen LogP contribution in [0.15, 0.2) is 91.0 Å². The molecule has 0 unspecified atom stereocenters. The molecule has 4 rings (SSSR count). The Kier molecular flexibility index (Phi) is 8.32. The SMILES string of the molecule is C[C@H](N)C(=O)N(C(=O)[C@@H](O)c1cc(F)cc(F)c1)[C@@H]1C(=O)N(C)[C@H](c2ccccc2)C=C[C@H]1c1ccccc1. The predicted octanol–water partition coefficient (Wildman–Crippen LogP) is 3.62. The molecule has 3 aromatic carbocycles. The number of amides is 3. The van der Waals surface area contributed by atoms with Crippen molar-refractivity contribution in [2.24, 2.45) is 5.73 Å². The summed E-state index contributed by atoms with van der Waals surface area (Å²) >= 11 is 0. The van der Waals surface area contributed by atoms with Gasteiger partial charge < -0.3 is 15.7 Å². The Balaban J connectivity index is 1.86. The molecule has 3 aromatic rings. The quantitative estimate of drug-likeness (QED) is 0.471. The van der Waals surface area contributed by atoms with Crippen molar-refractivity contribution in [2.45, 2.75) is 37.1 Å². The standard InChI is InChI=1S/C30H29F2N3O4/c1-18(33)28(37)35(30(39)27(36)21-15-22(31)17-23(32)16-21)26-24(19-9-5-3-6-10-19)13-14-25(34(2)29(26)38)20-11-7-4-8-12-20/h3-18,24-27,36H,33H2,1-2H3/t18-,24-,25-,26-,27-/m0/s1. The number of imide groups is 1. The zero-order valence-electron chi connectivity index (χ0n) is 21.4. The van der Waals surface area contributed by atoms with Crippen LogP contribution in [0, 0.1) is 11.6 Å². The normalized spacial score (nSPS) is 20.7. The molecule has 3 amide bonds. The summed E-state index contributed by atoms with van der Waals surface area (Å²) in [4.78, 5) is 43.5. The van der Waals surface area contributed by atoms with E-state index in [4.69, 9.17) is 5.73 Å². The molecular formula is C30H29F2N3O4. The highest BCUT2D eigenvalue weighted by atomic mass is 19.1. The third-order valence-electron chi connectivity index (χ3n) is 6.76. The molecule has 9 heteroatoms. The zero-order chi connectivity index (χ0) is 28.3. The lowest BCUT2D eigenvalue weighted by molar-refractivity contribution is -0.160. The summed E-state index contributed by atoms with van der Waals surface area (Å²) in [6.45, 7) is 1.35. The van der Waals surface area contributed by atoms with E-state index in [-0.39, 0.29) is 0 Å². The molecule has 39 heavy (non-hydrogen) atoms. The van der Waals surface area contributed by atoms with Crippen LogP contribution in [0.2, 0.25) is 0 Å². The van der Waals surface area contributed by atoms with Crippen LogP contribution in [0.5, 0.6) is 0 Å². The van der Waals surface area contributed by atoms with Crippen LogP contribution >= 0.6 is 0 Å². The van der Waals surface area contributed by atoms with E-state index in [9.17, 15) is 28.3 Å². The van der Waals surface area contributed by atoms with Crippen molar-refractivity contribution in [3.8, 4) is 0 Å². The summed E-state index contributed by atoms with van der Waals surface area (Å²) in [5.74, 6) is -5.55. The predicted molar refractivity (Wildman–Crippen MR) is 141 cm³/mol. The van der Waals surface area contributed by atoms with Gasteiger partial charge in [-0.25, -0.2) is 8.78 Å². The van der Waals surface area contributed by atoms with Crippen molar-refractivity contribution in [3.05, 3.63) is 119 Å². The van der Waals surface area contributed by atoms with Crippen molar-refractivity contribution in [2.75, 3.05) is 7.05 Å². The van der Waals surface area contributed by atoms with Crippen molar-refractivity contribution < 1.29 is 28.3 Å². The Hall–Kier alpha value is -4.21. The van der Waals surface area contributed by atoms with Gasteiger partial charge in [0.25, 0.3) is 5.91 Å². The number of aliphatic hydroxyl groups excluding tert-OH is 1. The number of likely N-dealkylation sites (N-methyl/N-ethyl adjacent to an activating group) is 1. The van der Waals surface area contributed by atoms with E-state index in [0.717, 1.165) is 17.7 Å². The molecule has 0 spiro atoms. The molecule has 202 valence electrons. The lowest BCUT2D eigenvalue weighted by Crippen LogP contribution is -2.58. The highest BCUT2D eigenvalue weighted by Gasteiger charge is 2.46. The number of carbonyl (C=O) groups excluding carboxylic acids is 3. The van der Waals surface area contributed by atoms with Gasteiger partial charge in [-0.1, -0.05) is 72.8 Å². The number of carbonyl (C=O) groups is 3. The van der Waals surface area contributed by atoms with E-state index < -0.39 is 65.1 Å². The van der Waals surface area contributed by atoms with Gasteiger partial charge in [0, 0.05) is 19.0 Å². The van der Waals surface area contributed by atoms with Crippen molar-refractivity contribution in [1.29, 1.82) is 0 Å². The van der Waals surface area contributed by atoms with E-state index >= 15 is 0 Å². The largest absolute Gasteiger partial charge is 0.378 e. The first-order valence-corrected chi connectivity index (χ1v) is 12.4. The van der Waals surface area contributed by atoms with Gasteiger partial charge >= 0.3 is 0 Å². The van der Waals surface area contributed by atoms with E-state index in [1.54, 1.807) is 43.5 Å². The number of nitrogens with two attached hydrogens (primary N) is 1. The third kappa shape index (κ3) is 5.79. The Labute approximate surface area is 225 Å². The summed E-state index contributed by atoms with van der Waals surface area (Å²) in [6, 6.07) is 17.1. The summed E-state index contributed by atoms with van der Waals surface area (Å²) < 4.78 is 27.8. The first-order valence-electron chi connectivity index (χ1n) is 12.4. The first kappa shape index (κ1) is 27.8. The van der Waals surface area contributed by atoms with Gasteiger partial charge in [-0.2, -0.15) is 0 Å². The molecule has 1 heterocycles. The average molecular weight is 534 g/mol. The smallest absolute Gasteiger partial charge is 0.263 e. The number of aliphatic hydroxyl groups is 1. The van der Waals surface area contributed by atoms with Crippen LogP contribution in [-0.2, 0) is 14.4 Å². The molecular weight excluding hydrogens is 504 g/mol. The van der Waals surface area contributed by atoms with E-state index in [2.05, 4.69) is 0 Å². The minimum atomic E-state index is -2.13. The molecule has 0 saturated heterocycles. The number of halogens is 2. The van der Waals surface area contributed by atoms with E-state index in [0.29, 0.717) is 16.5 Å². The van der Waals surface area contributed by atoms with Crippen LogP contribution in [0.4, 0.5) is 8.78 Å². The van der Waals surface area contributed by atoms with Gasteiger partial charge in [0.2, 0.25) is 11.8 Å². The molecule has 5 atom stereocenters. The van der Waals surface area contributed by atoms with Crippen LogP contribution in [0.25, 0.3) is 0 Å².